The lowest BCUT2D eigenvalue weighted by Crippen LogP contribution is -2.11. The number of anilines is 1. The summed E-state index contributed by atoms with van der Waals surface area (Å²) in [6.45, 7) is 3.71. The van der Waals surface area contributed by atoms with E-state index in [9.17, 15) is 9.18 Å². The minimum atomic E-state index is -0.518. The smallest absolute Gasteiger partial charge is 0.339 e. The maximum Gasteiger partial charge on any atom is 0.339 e. The van der Waals surface area contributed by atoms with Gasteiger partial charge in [-0.3, -0.25) is 0 Å². The van der Waals surface area contributed by atoms with Gasteiger partial charge in [-0.1, -0.05) is 0 Å². The van der Waals surface area contributed by atoms with E-state index < -0.39 is 11.8 Å². The molecule has 1 heterocycles. The Labute approximate surface area is 116 Å². The zero-order chi connectivity index (χ0) is 14.7. The first-order valence-electron chi connectivity index (χ1n) is 6.22. The molecule has 2 aromatic rings. The molecule has 0 amide bonds. The van der Waals surface area contributed by atoms with Gasteiger partial charge in [-0.25, -0.2) is 9.18 Å². The number of carbonyl (C=O) groups is 1. The Morgan fingerprint density at radius 3 is 2.70 bits per heavy atom. The molecule has 4 nitrogen and oxygen atoms in total. The molecule has 1 aromatic carbocycles. The van der Waals surface area contributed by atoms with Crippen LogP contribution in [0.1, 0.15) is 34.8 Å². The minimum absolute atomic E-state index is 0.200. The van der Waals surface area contributed by atoms with Gasteiger partial charge in [0.2, 0.25) is 0 Å². The number of rotatable bonds is 4. The van der Waals surface area contributed by atoms with Crippen LogP contribution in [0.15, 0.2) is 34.7 Å². The monoisotopic (exact) mass is 277 g/mol. The van der Waals surface area contributed by atoms with E-state index in [1.807, 2.05) is 26.0 Å². The zero-order valence-corrected chi connectivity index (χ0v) is 11.6. The fourth-order valence-electron chi connectivity index (χ4n) is 1.91. The van der Waals surface area contributed by atoms with Gasteiger partial charge in [0, 0.05) is 0 Å². The molecule has 106 valence electrons. The maximum atomic E-state index is 13.4. The summed E-state index contributed by atoms with van der Waals surface area (Å²) < 4.78 is 23.5. The lowest BCUT2D eigenvalue weighted by atomic mass is 10.1. The van der Waals surface area contributed by atoms with Crippen molar-refractivity contribution in [1.82, 2.24) is 0 Å². The third kappa shape index (κ3) is 2.99. The summed E-state index contributed by atoms with van der Waals surface area (Å²) in [5.41, 5.74) is 0.655. The second-order valence-electron chi connectivity index (χ2n) is 4.50. The van der Waals surface area contributed by atoms with Crippen LogP contribution in [0.25, 0.3) is 0 Å². The van der Waals surface area contributed by atoms with Gasteiger partial charge in [-0.15, -0.1) is 0 Å². The van der Waals surface area contributed by atoms with Gasteiger partial charge in [0.15, 0.2) is 0 Å². The number of furan rings is 1. The zero-order valence-electron chi connectivity index (χ0n) is 11.6. The number of carbonyl (C=O) groups excluding carboxylic acids is 1. The SMILES string of the molecule is COC(=O)c1ccc(F)cc1NC(C)c1ccc(C)o1. The van der Waals surface area contributed by atoms with Crippen molar-refractivity contribution in [3.8, 4) is 0 Å². The van der Waals surface area contributed by atoms with Crippen molar-refractivity contribution < 1.29 is 18.3 Å². The molecular weight excluding hydrogens is 261 g/mol. The van der Waals surface area contributed by atoms with E-state index in [0.29, 0.717) is 11.4 Å². The molecule has 0 fully saturated rings. The lowest BCUT2D eigenvalue weighted by molar-refractivity contribution is 0.0601. The molecule has 0 saturated heterocycles. The Balaban J connectivity index is 2.28. The van der Waals surface area contributed by atoms with Crippen molar-refractivity contribution in [3.63, 3.8) is 0 Å². The quantitative estimate of drug-likeness (QED) is 0.866. The highest BCUT2D eigenvalue weighted by molar-refractivity contribution is 5.95. The van der Waals surface area contributed by atoms with Crippen LogP contribution in [0.4, 0.5) is 10.1 Å². The summed E-state index contributed by atoms with van der Waals surface area (Å²) in [6, 6.07) is 7.36. The molecule has 2 rings (SSSR count). The van der Waals surface area contributed by atoms with Crippen molar-refractivity contribution in [1.29, 1.82) is 0 Å². The van der Waals surface area contributed by atoms with Gasteiger partial charge >= 0.3 is 5.97 Å². The molecule has 0 saturated carbocycles. The highest BCUT2D eigenvalue weighted by Gasteiger charge is 2.16. The lowest BCUT2D eigenvalue weighted by Gasteiger charge is -2.15. The van der Waals surface area contributed by atoms with Crippen LogP contribution in [0, 0.1) is 12.7 Å². The molecular formula is C15H16FNO3. The van der Waals surface area contributed by atoms with Crippen LogP contribution in [-0.2, 0) is 4.74 Å². The Morgan fingerprint density at radius 1 is 1.35 bits per heavy atom. The first kappa shape index (κ1) is 14.1. The number of nitrogens with one attached hydrogen (secondary N) is 1. The van der Waals surface area contributed by atoms with Crippen molar-refractivity contribution in [3.05, 3.63) is 53.2 Å². The predicted octanol–water partition coefficient (Wildman–Crippen LogP) is 3.69. The molecule has 0 spiro atoms. The van der Waals surface area contributed by atoms with E-state index in [1.165, 1.54) is 25.3 Å². The number of hydrogen-bond donors (Lipinski definition) is 1. The van der Waals surface area contributed by atoms with E-state index in [2.05, 4.69) is 10.1 Å². The molecule has 0 radical (unpaired) electrons. The minimum Gasteiger partial charge on any atom is -0.465 e. The molecule has 1 unspecified atom stereocenters. The van der Waals surface area contributed by atoms with E-state index in [-0.39, 0.29) is 11.6 Å². The van der Waals surface area contributed by atoms with E-state index in [1.54, 1.807) is 0 Å². The Kier molecular flexibility index (Phi) is 4.08. The number of aryl methyl sites for hydroxylation is 1. The molecule has 1 atom stereocenters. The standard InChI is InChI=1S/C15H16FNO3/c1-9-4-7-14(20-9)10(2)17-13-8-11(16)5-6-12(13)15(18)19-3/h4-8,10,17H,1-3H3. The van der Waals surface area contributed by atoms with Gasteiger partial charge < -0.3 is 14.5 Å². The first-order valence-corrected chi connectivity index (χ1v) is 6.22. The molecule has 0 aliphatic heterocycles. The fourth-order valence-corrected chi connectivity index (χ4v) is 1.91. The number of methoxy groups -OCH3 is 1. The number of ether oxygens (including phenoxy) is 1. The third-order valence-electron chi connectivity index (χ3n) is 2.95. The van der Waals surface area contributed by atoms with Crippen LogP contribution in [0.3, 0.4) is 0 Å². The highest BCUT2D eigenvalue weighted by Crippen LogP contribution is 2.25. The van der Waals surface area contributed by atoms with Crippen molar-refractivity contribution in [2.24, 2.45) is 0 Å². The number of benzene rings is 1. The summed E-state index contributed by atoms with van der Waals surface area (Å²) in [4.78, 5) is 11.7. The van der Waals surface area contributed by atoms with Crippen molar-refractivity contribution >= 4 is 11.7 Å². The van der Waals surface area contributed by atoms with Gasteiger partial charge in [0.1, 0.15) is 17.3 Å². The second-order valence-corrected chi connectivity index (χ2v) is 4.50. The topological polar surface area (TPSA) is 51.5 Å². The molecule has 1 aromatic heterocycles. The summed E-state index contributed by atoms with van der Waals surface area (Å²) in [7, 11) is 1.29. The van der Waals surface area contributed by atoms with Crippen LogP contribution >= 0.6 is 0 Å². The number of halogens is 1. The largest absolute Gasteiger partial charge is 0.465 e. The number of hydrogen-bond acceptors (Lipinski definition) is 4. The molecule has 0 bridgehead atoms. The number of esters is 1. The van der Waals surface area contributed by atoms with Crippen molar-refractivity contribution in [2.75, 3.05) is 12.4 Å². The molecule has 1 N–H and O–H groups in total. The molecule has 5 heteroatoms. The first-order chi connectivity index (χ1) is 9.51. The van der Waals surface area contributed by atoms with Crippen LogP contribution < -0.4 is 5.32 Å². The molecule has 20 heavy (non-hydrogen) atoms. The molecule has 0 aliphatic rings. The van der Waals surface area contributed by atoms with E-state index in [0.717, 1.165) is 5.76 Å². The Hall–Kier alpha value is -2.30. The van der Waals surface area contributed by atoms with Gasteiger partial charge in [-0.05, 0) is 44.2 Å². The van der Waals surface area contributed by atoms with E-state index >= 15 is 0 Å². The Morgan fingerprint density at radius 2 is 2.10 bits per heavy atom. The average molecular weight is 277 g/mol. The summed E-state index contributed by atoms with van der Waals surface area (Å²) >= 11 is 0. The van der Waals surface area contributed by atoms with Crippen LogP contribution in [0.2, 0.25) is 0 Å². The van der Waals surface area contributed by atoms with Crippen LogP contribution in [0.5, 0.6) is 0 Å². The van der Waals surface area contributed by atoms with E-state index in [4.69, 9.17) is 4.42 Å². The maximum absolute atomic E-state index is 13.4. The second kappa shape index (κ2) is 5.77. The fraction of sp³-hybridized carbons (Fsp3) is 0.267. The third-order valence-corrected chi connectivity index (χ3v) is 2.95. The van der Waals surface area contributed by atoms with Crippen molar-refractivity contribution in [2.45, 2.75) is 19.9 Å². The van der Waals surface area contributed by atoms with Gasteiger partial charge in [0.05, 0.1) is 24.4 Å². The predicted molar refractivity (Wildman–Crippen MR) is 73.2 cm³/mol. The highest BCUT2D eigenvalue weighted by atomic mass is 19.1. The molecule has 0 aliphatic carbocycles. The Bertz CT molecular complexity index is 621. The normalized spacial score (nSPS) is 12.0. The van der Waals surface area contributed by atoms with Gasteiger partial charge in [0.25, 0.3) is 0 Å². The average Bonchev–Trinajstić information content (AvgIpc) is 2.85. The van der Waals surface area contributed by atoms with Gasteiger partial charge in [-0.2, -0.15) is 0 Å². The summed E-state index contributed by atoms with van der Waals surface area (Å²) in [5.74, 6) is 0.557. The van der Waals surface area contributed by atoms with Crippen LogP contribution in [-0.4, -0.2) is 13.1 Å². The summed E-state index contributed by atoms with van der Waals surface area (Å²) in [5, 5.41) is 3.06. The summed E-state index contributed by atoms with van der Waals surface area (Å²) in [6.07, 6.45) is 0.